The molecular formula is C38H20N6O2. The smallest absolute Gasteiger partial charge is 0.178 e. The first kappa shape index (κ1) is 23.9. The summed E-state index contributed by atoms with van der Waals surface area (Å²) < 4.78 is 17.2. The van der Waals surface area contributed by atoms with E-state index < -0.39 is 0 Å². The Morgan fingerprint density at radius 2 is 0.739 bits per heavy atom. The van der Waals surface area contributed by atoms with Gasteiger partial charge in [-0.15, -0.1) is 0 Å². The van der Waals surface area contributed by atoms with Crippen molar-refractivity contribution < 1.29 is 8.83 Å². The second-order valence-electron chi connectivity index (χ2n) is 11.6. The molecule has 0 saturated heterocycles. The number of fused-ring (bicyclic) bond motifs is 13. The summed E-state index contributed by atoms with van der Waals surface area (Å²) in [5, 5.41) is 8.25. The third kappa shape index (κ3) is 3.02. The Balaban J connectivity index is 1.13. The van der Waals surface area contributed by atoms with Gasteiger partial charge in [0.15, 0.2) is 11.2 Å². The van der Waals surface area contributed by atoms with Crippen LogP contribution in [0.1, 0.15) is 0 Å². The van der Waals surface area contributed by atoms with Crippen LogP contribution in [0, 0.1) is 0 Å². The molecule has 0 atom stereocenters. The molecule has 46 heavy (non-hydrogen) atoms. The highest BCUT2D eigenvalue weighted by Crippen LogP contribution is 2.41. The Morgan fingerprint density at radius 3 is 1.11 bits per heavy atom. The Kier molecular flexibility index (Phi) is 4.43. The number of rotatable bonds is 2. The van der Waals surface area contributed by atoms with E-state index >= 15 is 0 Å². The van der Waals surface area contributed by atoms with Crippen LogP contribution >= 0.6 is 0 Å². The molecule has 3 aromatic carbocycles. The third-order valence-electron chi connectivity index (χ3n) is 9.13. The lowest BCUT2D eigenvalue weighted by atomic mass is 10.1. The molecule has 8 aromatic heterocycles. The number of hydrogen-bond donors (Lipinski definition) is 0. The van der Waals surface area contributed by atoms with Crippen molar-refractivity contribution in [3.05, 3.63) is 122 Å². The summed E-state index contributed by atoms with van der Waals surface area (Å²) in [5.74, 6) is 0. The monoisotopic (exact) mass is 592 g/mol. The summed E-state index contributed by atoms with van der Waals surface area (Å²) >= 11 is 0. The number of benzene rings is 3. The fourth-order valence-corrected chi connectivity index (χ4v) is 7.15. The van der Waals surface area contributed by atoms with Crippen molar-refractivity contribution in [1.29, 1.82) is 0 Å². The van der Waals surface area contributed by atoms with E-state index in [9.17, 15) is 0 Å². The molecule has 0 aliphatic carbocycles. The van der Waals surface area contributed by atoms with Gasteiger partial charge < -0.3 is 8.83 Å². The van der Waals surface area contributed by atoms with Crippen LogP contribution in [-0.4, -0.2) is 29.1 Å². The zero-order valence-corrected chi connectivity index (χ0v) is 24.0. The molecule has 0 unspecified atom stereocenters. The van der Waals surface area contributed by atoms with Crippen LogP contribution in [0.5, 0.6) is 0 Å². The van der Waals surface area contributed by atoms with Gasteiger partial charge in [-0.2, -0.15) is 0 Å². The van der Waals surface area contributed by atoms with E-state index in [4.69, 9.17) is 28.8 Å². The summed E-state index contributed by atoms with van der Waals surface area (Å²) in [6.45, 7) is 0. The Labute approximate surface area is 258 Å². The molecular weight excluding hydrogens is 572 g/mol. The molecule has 0 bridgehead atoms. The van der Waals surface area contributed by atoms with Gasteiger partial charge in [0.25, 0.3) is 0 Å². The van der Waals surface area contributed by atoms with E-state index in [-0.39, 0.29) is 0 Å². The maximum atomic E-state index is 6.50. The standard InChI is InChI=1S/C38H20N6O2/c1-5-25-26-6-2-16-40-36(26)43(35(25)39-15-1)21-9-13-31-29(19-21)23-11-12-24-30-20-22(10-14-32(30)46-34(24)33(23)45-31)44-37-27(7-3-17-41-37)28-8-4-18-42-38(28)44/h1-20H. The van der Waals surface area contributed by atoms with E-state index in [0.29, 0.717) is 0 Å². The second-order valence-corrected chi connectivity index (χ2v) is 11.6. The first-order chi connectivity index (χ1) is 22.8. The predicted molar refractivity (Wildman–Crippen MR) is 181 cm³/mol. The lowest BCUT2D eigenvalue weighted by Crippen LogP contribution is -1.96. The van der Waals surface area contributed by atoms with E-state index in [1.54, 1.807) is 0 Å². The van der Waals surface area contributed by atoms with Crippen LogP contribution in [0.2, 0.25) is 0 Å². The van der Waals surface area contributed by atoms with Crippen LogP contribution in [0.3, 0.4) is 0 Å². The molecule has 0 amide bonds. The van der Waals surface area contributed by atoms with Crippen molar-refractivity contribution in [2.75, 3.05) is 0 Å². The van der Waals surface area contributed by atoms with Gasteiger partial charge in [0.2, 0.25) is 0 Å². The molecule has 0 fully saturated rings. The normalized spacial score (nSPS) is 12.3. The molecule has 214 valence electrons. The molecule has 0 N–H and O–H groups in total. The number of hydrogen-bond acceptors (Lipinski definition) is 6. The fourth-order valence-electron chi connectivity index (χ4n) is 7.15. The zero-order valence-electron chi connectivity index (χ0n) is 24.0. The average molecular weight is 593 g/mol. The van der Waals surface area contributed by atoms with E-state index in [1.165, 1.54) is 0 Å². The van der Waals surface area contributed by atoms with Gasteiger partial charge in [-0.1, -0.05) is 0 Å². The van der Waals surface area contributed by atoms with Crippen molar-refractivity contribution in [3.8, 4) is 11.4 Å². The molecule has 8 heterocycles. The zero-order chi connectivity index (χ0) is 29.9. The van der Waals surface area contributed by atoms with Crippen molar-refractivity contribution in [2.24, 2.45) is 0 Å². The fraction of sp³-hybridized carbons (Fsp3) is 0. The molecule has 0 radical (unpaired) electrons. The molecule has 11 rings (SSSR count). The van der Waals surface area contributed by atoms with Crippen LogP contribution in [-0.2, 0) is 0 Å². The SMILES string of the molecule is c1cnc2c(c1)c1cccnc1n2-c1ccc2oc3c(ccc4c5cc(-n6c7ncccc7c7cccnc76)ccc5oc43)c2c1. The van der Waals surface area contributed by atoms with Crippen molar-refractivity contribution in [1.82, 2.24) is 29.1 Å². The second kappa shape index (κ2) is 8.55. The van der Waals surface area contributed by atoms with Crippen LogP contribution in [0.15, 0.2) is 131 Å². The van der Waals surface area contributed by atoms with Gasteiger partial charge in [-0.3, -0.25) is 9.13 Å². The quantitative estimate of drug-likeness (QED) is 0.199. The van der Waals surface area contributed by atoms with Gasteiger partial charge >= 0.3 is 0 Å². The summed E-state index contributed by atoms with van der Waals surface area (Å²) in [4.78, 5) is 18.9. The highest BCUT2D eigenvalue weighted by atomic mass is 16.4. The highest BCUT2D eigenvalue weighted by Gasteiger charge is 2.20. The average Bonchev–Trinajstić information content (AvgIpc) is 3.85. The number of furan rings is 2. The van der Waals surface area contributed by atoms with Gasteiger partial charge in [-0.25, -0.2) is 19.9 Å². The van der Waals surface area contributed by atoms with Gasteiger partial charge in [-0.05, 0) is 97.1 Å². The number of pyridine rings is 4. The van der Waals surface area contributed by atoms with Crippen LogP contribution in [0.4, 0.5) is 0 Å². The minimum absolute atomic E-state index is 0.723. The summed E-state index contributed by atoms with van der Waals surface area (Å²) in [5.41, 5.74) is 8.43. The Morgan fingerprint density at radius 1 is 0.370 bits per heavy atom. The first-order valence-electron chi connectivity index (χ1n) is 15.0. The van der Waals surface area contributed by atoms with Gasteiger partial charge in [0.1, 0.15) is 33.8 Å². The molecule has 11 aromatic rings. The largest absolute Gasteiger partial charge is 0.452 e. The maximum Gasteiger partial charge on any atom is 0.178 e. The van der Waals surface area contributed by atoms with Crippen LogP contribution < -0.4 is 0 Å². The third-order valence-corrected chi connectivity index (χ3v) is 9.13. The van der Waals surface area contributed by atoms with Gasteiger partial charge in [0, 0.05) is 67.9 Å². The summed E-state index contributed by atoms with van der Waals surface area (Å²) in [6.07, 6.45) is 7.28. The Hall–Kier alpha value is -6.54. The highest BCUT2D eigenvalue weighted by molar-refractivity contribution is 6.19. The minimum Gasteiger partial charge on any atom is -0.452 e. The summed E-state index contributed by atoms with van der Waals surface area (Å²) in [7, 11) is 0. The lowest BCUT2D eigenvalue weighted by Gasteiger charge is -2.06. The van der Waals surface area contributed by atoms with Crippen molar-refractivity contribution in [3.63, 3.8) is 0 Å². The minimum atomic E-state index is 0.723. The first-order valence-corrected chi connectivity index (χ1v) is 15.0. The van der Waals surface area contributed by atoms with E-state index in [0.717, 1.165) is 99.4 Å². The number of nitrogens with zero attached hydrogens (tertiary/aromatic N) is 6. The lowest BCUT2D eigenvalue weighted by molar-refractivity contribution is 0.633. The molecule has 0 aliphatic heterocycles. The number of aromatic nitrogens is 6. The maximum absolute atomic E-state index is 6.50. The molecule has 8 nitrogen and oxygen atoms in total. The van der Waals surface area contributed by atoms with E-state index in [2.05, 4.69) is 69.8 Å². The molecule has 0 saturated carbocycles. The Bertz CT molecular complexity index is 2740. The van der Waals surface area contributed by atoms with Crippen molar-refractivity contribution >= 4 is 88.0 Å². The molecule has 0 aliphatic rings. The van der Waals surface area contributed by atoms with Crippen molar-refractivity contribution in [2.45, 2.75) is 0 Å². The molecule has 0 spiro atoms. The predicted octanol–water partition coefficient (Wildman–Crippen LogP) is 9.26. The van der Waals surface area contributed by atoms with Crippen LogP contribution in [0.25, 0.3) is 99.4 Å². The van der Waals surface area contributed by atoms with E-state index in [1.807, 2.05) is 61.2 Å². The summed E-state index contributed by atoms with van der Waals surface area (Å²) in [6, 6.07) is 32.9. The molecule has 8 heteroatoms. The topological polar surface area (TPSA) is 87.7 Å². The van der Waals surface area contributed by atoms with Gasteiger partial charge in [0.05, 0.1) is 11.4 Å².